The molecule has 0 atom stereocenters. The van der Waals surface area contributed by atoms with Gasteiger partial charge in [0.05, 0.1) is 0 Å². The van der Waals surface area contributed by atoms with Gasteiger partial charge < -0.3 is 9.42 Å². The van der Waals surface area contributed by atoms with Gasteiger partial charge in [0.1, 0.15) is 0 Å². The van der Waals surface area contributed by atoms with Crippen molar-refractivity contribution in [2.24, 2.45) is 0 Å². The highest BCUT2D eigenvalue weighted by atomic mass is 79.9. The van der Waals surface area contributed by atoms with E-state index in [1.807, 2.05) is 29.9 Å². The average molecular weight is 374 g/mol. The molecule has 3 heterocycles. The predicted octanol–water partition coefficient (Wildman–Crippen LogP) is 3.80. The van der Waals surface area contributed by atoms with Crippen molar-refractivity contribution in [3.05, 3.63) is 40.5 Å². The van der Waals surface area contributed by atoms with Gasteiger partial charge in [-0.2, -0.15) is 10.1 Å². The molecule has 23 heavy (non-hydrogen) atoms. The van der Waals surface area contributed by atoms with E-state index in [0.29, 0.717) is 17.5 Å². The van der Waals surface area contributed by atoms with Crippen LogP contribution < -0.4 is 4.90 Å². The Balaban J connectivity index is 1.67. The summed E-state index contributed by atoms with van der Waals surface area (Å²) in [5, 5.41) is 8.56. The van der Waals surface area contributed by atoms with Crippen LogP contribution in [0.1, 0.15) is 18.9 Å². The van der Waals surface area contributed by atoms with Crippen molar-refractivity contribution < 1.29 is 4.52 Å². The minimum Gasteiger partial charge on any atom is -0.330 e. The Labute approximate surface area is 142 Å². The van der Waals surface area contributed by atoms with Crippen molar-refractivity contribution in [3.8, 4) is 11.6 Å². The number of fused-ring (bicyclic) bond motifs is 1. The summed E-state index contributed by atoms with van der Waals surface area (Å²) in [5.41, 5.74) is 3.15. The van der Waals surface area contributed by atoms with E-state index in [-0.39, 0.29) is 0 Å². The molecule has 0 amide bonds. The van der Waals surface area contributed by atoms with Crippen molar-refractivity contribution in [1.29, 1.82) is 0 Å². The monoisotopic (exact) mass is 373 g/mol. The van der Waals surface area contributed by atoms with E-state index in [9.17, 15) is 0 Å². The lowest BCUT2D eigenvalue weighted by molar-refractivity contribution is 0.428. The summed E-state index contributed by atoms with van der Waals surface area (Å²) in [6.07, 6.45) is 4.04. The van der Waals surface area contributed by atoms with Gasteiger partial charge in [-0.3, -0.25) is 4.68 Å². The summed E-state index contributed by atoms with van der Waals surface area (Å²) in [4.78, 5) is 6.64. The molecule has 0 spiro atoms. The fourth-order valence-corrected chi connectivity index (χ4v) is 3.26. The van der Waals surface area contributed by atoms with E-state index in [4.69, 9.17) is 4.52 Å². The number of halogens is 1. The standard InChI is InChI=1S/C16H16BrN5O/c1-2-21-9-7-13(19-21)15-18-16(20-23-15)22-8-3-4-11-10-12(17)5-6-14(11)22/h5-7,9-10H,2-4,8H2,1H3. The number of aryl methyl sites for hydroxylation is 2. The Morgan fingerprint density at radius 1 is 1.30 bits per heavy atom. The van der Waals surface area contributed by atoms with Crippen molar-refractivity contribution in [2.75, 3.05) is 11.4 Å². The van der Waals surface area contributed by atoms with E-state index < -0.39 is 0 Å². The van der Waals surface area contributed by atoms with Crippen molar-refractivity contribution in [3.63, 3.8) is 0 Å². The van der Waals surface area contributed by atoms with Gasteiger partial charge in [-0.25, -0.2) is 0 Å². The summed E-state index contributed by atoms with van der Waals surface area (Å²) in [6, 6.07) is 8.19. The number of rotatable bonds is 3. The second kappa shape index (κ2) is 5.81. The summed E-state index contributed by atoms with van der Waals surface area (Å²) in [5.74, 6) is 1.05. The molecule has 0 bridgehead atoms. The molecule has 6 nitrogen and oxygen atoms in total. The van der Waals surface area contributed by atoms with Crippen LogP contribution in [0.5, 0.6) is 0 Å². The number of benzene rings is 1. The molecule has 1 aliphatic rings. The van der Waals surface area contributed by atoms with Gasteiger partial charge in [-0.1, -0.05) is 15.9 Å². The van der Waals surface area contributed by atoms with Crippen LogP contribution in [-0.2, 0) is 13.0 Å². The van der Waals surface area contributed by atoms with Crippen molar-refractivity contribution in [1.82, 2.24) is 19.9 Å². The maximum atomic E-state index is 5.41. The molecular formula is C16H16BrN5O. The summed E-state index contributed by atoms with van der Waals surface area (Å²) >= 11 is 3.53. The zero-order chi connectivity index (χ0) is 15.8. The minimum atomic E-state index is 0.455. The van der Waals surface area contributed by atoms with Crippen LogP contribution in [0, 0.1) is 0 Å². The molecule has 118 valence electrons. The van der Waals surface area contributed by atoms with Gasteiger partial charge in [0, 0.05) is 29.4 Å². The molecule has 0 aliphatic carbocycles. The van der Waals surface area contributed by atoms with Crippen molar-refractivity contribution in [2.45, 2.75) is 26.3 Å². The first-order chi connectivity index (χ1) is 11.2. The highest BCUT2D eigenvalue weighted by Gasteiger charge is 2.23. The molecule has 7 heteroatoms. The molecule has 4 rings (SSSR count). The summed E-state index contributed by atoms with van der Waals surface area (Å²) in [6.45, 7) is 3.74. The molecular weight excluding hydrogens is 358 g/mol. The number of aromatic nitrogens is 4. The Kier molecular flexibility index (Phi) is 3.65. The van der Waals surface area contributed by atoms with E-state index >= 15 is 0 Å². The van der Waals surface area contributed by atoms with Gasteiger partial charge in [0.2, 0.25) is 0 Å². The SMILES string of the molecule is CCn1ccc(-c2nc(N3CCCc4cc(Br)ccc43)no2)n1. The van der Waals surface area contributed by atoms with Crippen molar-refractivity contribution >= 4 is 27.6 Å². The maximum absolute atomic E-state index is 5.41. The third-order valence-corrected chi connectivity index (χ3v) is 4.49. The minimum absolute atomic E-state index is 0.455. The smallest absolute Gasteiger partial charge is 0.280 e. The van der Waals surface area contributed by atoms with E-state index in [1.54, 1.807) is 0 Å². The number of hydrogen-bond donors (Lipinski definition) is 0. The normalized spacial score (nSPS) is 14.1. The highest BCUT2D eigenvalue weighted by Crippen LogP contribution is 2.34. The molecule has 0 fully saturated rings. The summed E-state index contributed by atoms with van der Waals surface area (Å²) < 4.78 is 8.35. The Morgan fingerprint density at radius 2 is 2.22 bits per heavy atom. The molecule has 0 unspecified atom stereocenters. The molecule has 1 aromatic carbocycles. The lowest BCUT2D eigenvalue weighted by Crippen LogP contribution is -2.25. The van der Waals surface area contributed by atoms with Gasteiger partial charge in [-0.15, -0.1) is 0 Å². The van der Waals surface area contributed by atoms with E-state index in [2.05, 4.69) is 48.2 Å². The Hall–Kier alpha value is -2.15. The van der Waals surface area contributed by atoms with Gasteiger partial charge in [0.15, 0.2) is 5.69 Å². The van der Waals surface area contributed by atoms with Crippen LogP contribution in [0.2, 0.25) is 0 Å². The topological polar surface area (TPSA) is 60.0 Å². The molecule has 0 N–H and O–H groups in total. The van der Waals surface area contributed by atoms with Crippen LogP contribution in [-0.4, -0.2) is 26.5 Å². The predicted molar refractivity (Wildman–Crippen MR) is 90.7 cm³/mol. The molecule has 3 aromatic rings. The van der Waals surface area contributed by atoms with Crippen LogP contribution in [0.3, 0.4) is 0 Å². The fourth-order valence-electron chi connectivity index (χ4n) is 2.85. The zero-order valence-electron chi connectivity index (χ0n) is 12.7. The van der Waals surface area contributed by atoms with E-state index in [1.165, 1.54) is 5.56 Å². The first-order valence-corrected chi connectivity index (χ1v) is 8.47. The Bertz CT molecular complexity index is 841. The highest BCUT2D eigenvalue weighted by molar-refractivity contribution is 9.10. The third kappa shape index (κ3) is 2.65. The second-order valence-electron chi connectivity index (χ2n) is 5.48. The summed E-state index contributed by atoms with van der Waals surface area (Å²) in [7, 11) is 0. The fraction of sp³-hybridized carbons (Fsp3) is 0.312. The molecule has 0 saturated heterocycles. The number of hydrogen-bond acceptors (Lipinski definition) is 5. The third-order valence-electron chi connectivity index (χ3n) is 4.00. The van der Waals surface area contributed by atoms with Gasteiger partial charge >= 0.3 is 0 Å². The molecule has 0 radical (unpaired) electrons. The lowest BCUT2D eigenvalue weighted by atomic mass is 10.0. The van der Waals surface area contributed by atoms with Crippen LogP contribution >= 0.6 is 15.9 Å². The van der Waals surface area contributed by atoms with E-state index in [0.717, 1.165) is 36.1 Å². The lowest BCUT2D eigenvalue weighted by Gasteiger charge is -2.28. The zero-order valence-corrected chi connectivity index (χ0v) is 14.3. The second-order valence-corrected chi connectivity index (χ2v) is 6.40. The van der Waals surface area contributed by atoms with Gasteiger partial charge in [-0.05, 0) is 54.8 Å². The van der Waals surface area contributed by atoms with Gasteiger partial charge in [0.25, 0.3) is 11.8 Å². The van der Waals surface area contributed by atoms with Crippen LogP contribution in [0.4, 0.5) is 11.6 Å². The first-order valence-electron chi connectivity index (χ1n) is 7.68. The quantitative estimate of drug-likeness (QED) is 0.698. The molecule has 2 aromatic heterocycles. The Morgan fingerprint density at radius 3 is 3.04 bits per heavy atom. The number of nitrogens with zero attached hydrogens (tertiary/aromatic N) is 5. The molecule has 1 aliphatic heterocycles. The maximum Gasteiger partial charge on any atom is 0.280 e. The first kappa shape index (κ1) is 14.4. The van der Waals surface area contributed by atoms with Crippen LogP contribution in [0.25, 0.3) is 11.6 Å². The number of anilines is 2. The molecule has 0 saturated carbocycles. The largest absolute Gasteiger partial charge is 0.330 e. The van der Waals surface area contributed by atoms with Crippen LogP contribution in [0.15, 0.2) is 39.5 Å². The average Bonchev–Trinajstić information content (AvgIpc) is 3.23.